The van der Waals surface area contributed by atoms with Crippen molar-refractivity contribution in [1.29, 1.82) is 0 Å². The quantitative estimate of drug-likeness (QED) is 0.857. The van der Waals surface area contributed by atoms with Crippen molar-refractivity contribution in [3.63, 3.8) is 0 Å². The molecule has 0 aliphatic heterocycles. The van der Waals surface area contributed by atoms with Gasteiger partial charge in [-0.2, -0.15) is 0 Å². The molecule has 2 aromatic rings. The van der Waals surface area contributed by atoms with Gasteiger partial charge in [0, 0.05) is 25.0 Å². The van der Waals surface area contributed by atoms with Gasteiger partial charge in [-0.05, 0) is 43.2 Å². The third kappa shape index (κ3) is 3.33. The Hall–Kier alpha value is -1.94. The molecule has 0 saturated heterocycles. The summed E-state index contributed by atoms with van der Waals surface area (Å²) in [5, 5.41) is 0. The number of para-hydroxylation sites is 1. The third-order valence-corrected chi connectivity index (χ3v) is 3.50. The zero-order chi connectivity index (χ0) is 14.5. The number of nitrogens with two attached hydrogens (primary N) is 1. The number of aryl methyl sites for hydroxylation is 1. The molecule has 2 rings (SSSR count). The lowest BCUT2D eigenvalue weighted by Crippen LogP contribution is -2.23. The monoisotopic (exact) mass is 285 g/mol. The first kappa shape index (κ1) is 14.5. The van der Waals surface area contributed by atoms with Crippen LogP contribution in [0, 0.1) is 6.92 Å². The lowest BCUT2D eigenvalue weighted by atomic mass is 10.1. The molecule has 0 radical (unpaired) electrons. The molecule has 104 valence electrons. The Morgan fingerprint density at radius 2 is 2.05 bits per heavy atom. The van der Waals surface area contributed by atoms with Gasteiger partial charge < -0.3 is 10.6 Å². The van der Waals surface area contributed by atoms with Gasteiger partial charge in [0.15, 0.2) is 0 Å². The summed E-state index contributed by atoms with van der Waals surface area (Å²) in [5.74, 6) is 0. The molecular formula is C16H19N3S. The van der Waals surface area contributed by atoms with Gasteiger partial charge in [0.05, 0.1) is 5.69 Å². The van der Waals surface area contributed by atoms with E-state index in [0.29, 0.717) is 10.7 Å². The summed E-state index contributed by atoms with van der Waals surface area (Å²) in [6.07, 6.45) is 1.76. The van der Waals surface area contributed by atoms with Gasteiger partial charge in [0.25, 0.3) is 0 Å². The van der Waals surface area contributed by atoms with Crippen LogP contribution in [0.25, 0.3) is 0 Å². The van der Waals surface area contributed by atoms with E-state index in [4.69, 9.17) is 18.0 Å². The van der Waals surface area contributed by atoms with Gasteiger partial charge >= 0.3 is 0 Å². The second-order valence-electron chi connectivity index (χ2n) is 4.71. The van der Waals surface area contributed by atoms with Gasteiger partial charge in [-0.3, -0.25) is 4.98 Å². The molecule has 2 N–H and O–H groups in total. The zero-order valence-electron chi connectivity index (χ0n) is 11.8. The lowest BCUT2D eigenvalue weighted by Gasteiger charge is -2.25. The van der Waals surface area contributed by atoms with Crippen LogP contribution in [0.4, 0.5) is 5.69 Å². The molecule has 0 amide bonds. The molecule has 20 heavy (non-hydrogen) atoms. The van der Waals surface area contributed by atoms with Crippen LogP contribution in [0.2, 0.25) is 0 Å². The van der Waals surface area contributed by atoms with Crippen LogP contribution < -0.4 is 10.6 Å². The molecule has 0 unspecified atom stereocenters. The average Bonchev–Trinajstić information content (AvgIpc) is 2.46. The van der Waals surface area contributed by atoms with E-state index in [1.807, 2.05) is 12.1 Å². The fourth-order valence-electron chi connectivity index (χ4n) is 2.21. The number of anilines is 1. The molecular weight excluding hydrogens is 266 g/mol. The van der Waals surface area contributed by atoms with Crippen molar-refractivity contribution in [1.82, 2.24) is 4.98 Å². The van der Waals surface area contributed by atoms with Gasteiger partial charge in [-0.25, -0.2) is 0 Å². The summed E-state index contributed by atoms with van der Waals surface area (Å²) in [4.78, 5) is 6.84. The predicted molar refractivity (Wildman–Crippen MR) is 88.0 cm³/mol. The molecule has 0 aliphatic rings. The van der Waals surface area contributed by atoms with Crippen molar-refractivity contribution in [3.8, 4) is 0 Å². The minimum atomic E-state index is 0.339. The maximum Gasteiger partial charge on any atom is 0.122 e. The Morgan fingerprint density at radius 3 is 2.70 bits per heavy atom. The molecule has 3 nitrogen and oxygen atoms in total. The van der Waals surface area contributed by atoms with E-state index in [2.05, 4.69) is 48.0 Å². The second kappa shape index (κ2) is 6.48. The summed E-state index contributed by atoms with van der Waals surface area (Å²) in [5.41, 5.74) is 10.0. The van der Waals surface area contributed by atoms with E-state index in [1.165, 1.54) is 11.3 Å². The normalized spacial score (nSPS) is 10.3. The standard InChI is InChI=1S/C16H19N3S/c1-3-19(15-7-5-4-6-12(15)2)11-13-8-9-18-14(10-13)16(17)20/h4-10H,3,11H2,1-2H3,(H2,17,20). The maximum atomic E-state index is 5.64. The minimum Gasteiger partial charge on any atom is -0.388 e. The van der Waals surface area contributed by atoms with E-state index >= 15 is 0 Å². The van der Waals surface area contributed by atoms with Crippen LogP contribution in [0.1, 0.15) is 23.7 Å². The first-order chi connectivity index (χ1) is 9.61. The predicted octanol–water partition coefficient (Wildman–Crippen LogP) is 3.05. The molecule has 1 heterocycles. The fourth-order valence-corrected chi connectivity index (χ4v) is 2.32. The number of hydrogen-bond donors (Lipinski definition) is 1. The van der Waals surface area contributed by atoms with Crippen LogP contribution in [0.5, 0.6) is 0 Å². The van der Waals surface area contributed by atoms with Crippen molar-refractivity contribution in [2.24, 2.45) is 5.73 Å². The zero-order valence-corrected chi connectivity index (χ0v) is 12.7. The van der Waals surface area contributed by atoms with Gasteiger partial charge in [0.1, 0.15) is 4.99 Å². The Bertz CT molecular complexity index is 610. The maximum absolute atomic E-state index is 5.64. The van der Waals surface area contributed by atoms with Crippen molar-refractivity contribution >= 4 is 22.9 Å². The van der Waals surface area contributed by atoms with Crippen LogP contribution in [-0.4, -0.2) is 16.5 Å². The molecule has 0 saturated carbocycles. The van der Waals surface area contributed by atoms with E-state index < -0.39 is 0 Å². The van der Waals surface area contributed by atoms with Gasteiger partial charge in [0.2, 0.25) is 0 Å². The number of pyridine rings is 1. The molecule has 0 aliphatic carbocycles. The summed E-state index contributed by atoms with van der Waals surface area (Å²) in [6, 6.07) is 12.4. The SMILES string of the molecule is CCN(Cc1ccnc(C(N)=S)c1)c1ccccc1C. The molecule has 0 fully saturated rings. The van der Waals surface area contributed by atoms with Crippen molar-refractivity contribution in [2.75, 3.05) is 11.4 Å². The average molecular weight is 285 g/mol. The van der Waals surface area contributed by atoms with Gasteiger partial charge in [-0.15, -0.1) is 0 Å². The Morgan fingerprint density at radius 1 is 1.30 bits per heavy atom. The summed E-state index contributed by atoms with van der Waals surface area (Å²) in [6.45, 7) is 6.04. The van der Waals surface area contributed by atoms with E-state index in [1.54, 1.807) is 6.20 Å². The van der Waals surface area contributed by atoms with Crippen molar-refractivity contribution in [2.45, 2.75) is 20.4 Å². The van der Waals surface area contributed by atoms with Crippen LogP contribution in [0.3, 0.4) is 0 Å². The minimum absolute atomic E-state index is 0.339. The molecule has 0 atom stereocenters. The van der Waals surface area contributed by atoms with Gasteiger partial charge in [-0.1, -0.05) is 30.4 Å². The highest BCUT2D eigenvalue weighted by molar-refractivity contribution is 7.80. The Kier molecular flexibility index (Phi) is 4.69. The highest BCUT2D eigenvalue weighted by Gasteiger charge is 2.08. The first-order valence-electron chi connectivity index (χ1n) is 6.67. The molecule has 0 bridgehead atoms. The molecule has 0 spiro atoms. The third-order valence-electron chi connectivity index (χ3n) is 3.29. The molecule has 1 aromatic carbocycles. The van der Waals surface area contributed by atoms with Crippen molar-refractivity contribution in [3.05, 3.63) is 59.4 Å². The Balaban J connectivity index is 2.25. The topological polar surface area (TPSA) is 42.2 Å². The number of aromatic nitrogens is 1. The summed E-state index contributed by atoms with van der Waals surface area (Å²) >= 11 is 4.98. The smallest absolute Gasteiger partial charge is 0.122 e. The van der Waals surface area contributed by atoms with E-state index in [-0.39, 0.29) is 0 Å². The molecule has 1 aromatic heterocycles. The van der Waals surface area contributed by atoms with Crippen LogP contribution in [-0.2, 0) is 6.54 Å². The van der Waals surface area contributed by atoms with Crippen molar-refractivity contribution < 1.29 is 0 Å². The molecule has 4 heteroatoms. The lowest BCUT2D eigenvalue weighted by molar-refractivity contribution is 0.826. The number of rotatable bonds is 5. The van der Waals surface area contributed by atoms with Crippen LogP contribution in [0.15, 0.2) is 42.6 Å². The number of nitrogens with zero attached hydrogens (tertiary/aromatic N) is 2. The highest BCUT2D eigenvalue weighted by Crippen LogP contribution is 2.21. The van der Waals surface area contributed by atoms with E-state index in [0.717, 1.165) is 18.7 Å². The summed E-state index contributed by atoms with van der Waals surface area (Å²) in [7, 11) is 0. The number of thiocarbonyl (C=S) groups is 1. The number of hydrogen-bond acceptors (Lipinski definition) is 3. The number of benzene rings is 1. The van der Waals surface area contributed by atoms with E-state index in [9.17, 15) is 0 Å². The Labute approximate surface area is 125 Å². The second-order valence-corrected chi connectivity index (χ2v) is 5.15. The first-order valence-corrected chi connectivity index (χ1v) is 7.08. The summed E-state index contributed by atoms with van der Waals surface area (Å²) < 4.78 is 0. The highest BCUT2D eigenvalue weighted by atomic mass is 32.1. The fraction of sp³-hybridized carbons (Fsp3) is 0.250. The van der Waals surface area contributed by atoms with Crippen LogP contribution >= 0.6 is 12.2 Å². The largest absolute Gasteiger partial charge is 0.388 e.